The van der Waals surface area contributed by atoms with Gasteiger partial charge in [0.25, 0.3) is 0 Å². The van der Waals surface area contributed by atoms with Crippen LogP contribution in [-0.4, -0.2) is 40.4 Å². The number of rotatable bonds is 8. The van der Waals surface area contributed by atoms with Crippen molar-refractivity contribution in [2.75, 3.05) is 7.05 Å². The third-order valence-electron chi connectivity index (χ3n) is 4.60. The Bertz CT molecular complexity index is 664. The Morgan fingerprint density at radius 3 is 2.64 bits per heavy atom. The molecule has 0 spiro atoms. The second-order valence-corrected chi connectivity index (χ2v) is 7.04. The maximum Gasteiger partial charge on any atom is 0.303 e. The van der Waals surface area contributed by atoms with Gasteiger partial charge >= 0.3 is 5.97 Å². The zero-order chi connectivity index (χ0) is 18.4. The largest absolute Gasteiger partial charge is 0.481 e. The van der Waals surface area contributed by atoms with Crippen molar-refractivity contribution in [2.45, 2.75) is 50.6 Å². The summed E-state index contributed by atoms with van der Waals surface area (Å²) in [6.07, 6.45) is 1.99. The zero-order valence-electron chi connectivity index (χ0n) is 14.3. The molecule has 0 radical (unpaired) electrons. The van der Waals surface area contributed by atoms with Crippen LogP contribution in [0.15, 0.2) is 24.3 Å². The van der Waals surface area contributed by atoms with E-state index < -0.39 is 11.5 Å². The third kappa shape index (κ3) is 5.74. The quantitative estimate of drug-likeness (QED) is 0.740. The second-order valence-electron chi connectivity index (χ2n) is 6.60. The van der Waals surface area contributed by atoms with Gasteiger partial charge in [-0.05, 0) is 37.0 Å². The molecule has 0 bridgehead atoms. The average Bonchev–Trinajstić information content (AvgIpc) is 2.92. The van der Waals surface area contributed by atoms with Gasteiger partial charge in [0.1, 0.15) is 0 Å². The molecule has 1 aliphatic heterocycles. The van der Waals surface area contributed by atoms with Crippen LogP contribution in [0.1, 0.15) is 44.1 Å². The number of carbonyl (C=O) groups excluding carboxylic acids is 2. The van der Waals surface area contributed by atoms with Crippen molar-refractivity contribution >= 4 is 29.4 Å². The fraction of sp³-hybridized carbons (Fsp3) is 0.500. The van der Waals surface area contributed by atoms with Crippen molar-refractivity contribution in [2.24, 2.45) is 0 Å². The molecule has 1 saturated heterocycles. The summed E-state index contributed by atoms with van der Waals surface area (Å²) in [5.74, 6) is -1.02. The number of carbonyl (C=O) groups is 3. The number of carboxylic acids is 1. The minimum Gasteiger partial charge on any atom is -0.481 e. The van der Waals surface area contributed by atoms with Gasteiger partial charge < -0.3 is 15.3 Å². The predicted molar refractivity (Wildman–Crippen MR) is 94.1 cm³/mol. The molecule has 1 aromatic rings. The Kier molecular flexibility index (Phi) is 6.42. The molecule has 1 unspecified atom stereocenters. The smallest absolute Gasteiger partial charge is 0.303 e. The Morgan fingerprint density at radius 1 is 1.32 bits per heavy atom. The van der Waals surface area contributed by atoms with Gasteiger partial charge in [-0.3, -0.25) is 14.4 Å². The van der Waals surface area contributed by atoms with Gasteiger partial charge in [0.15, 0.2) is 0 Å². The van der Waals surface area contributed by atoms with Crippen molar-refractivity contribution in [3.8, 4) is 0 Å². The first-order valence-corrected chi connectivity index (χ1v) is 8.69. The first-order chi connectivity index (χ1) is 11.8. The molecule has 25 heavy (non-hydrogen) atoms. The lowest BCUT2D eigenvalue weighted by Gasteiger charge is -2.29. The van der Waals surface area contributed by atoms with E-state index in [1.54, 1.807) is 18.0 Å². The SMILES string of the molecule is CN(Cc1cccc(Cl)c1)C(=O)CCC1(CCC(=O)O)CCC(=O)N1. The van der Waals surface area contributed by atoms with E-state index in [1.165, 1.54) is 0 Å². The summed E-state index contributed by atoms with van der Waals surface area (Å²) >= 11 is 5.96. The number of hydrogen-bond acceptors (Lipinski definition) is 3. The Hall–Kier alpha value is -2.08. The molecule has 2 N–H and O–H groups in total. The van der Waals surface area contributed by atoms with Crippen LogP contribution in [0.4, 0.5) is 0 Å². The topological polar surface area (TPSA) is 86.7 Å². The van der Waals surface area contributed by atoms with E-state index in [2.05, 4.69) is 5.32 Å². The molecular formula is C18H23ClN2O4. The molecule has 0 aromatic heterocycles. The van der Waals surface area contributed by atoms with E-state index in [0.717, 1.165) is 5.56 Å². The summed E-state index contributed by atoms with van der Waals surface area (Å²) < 4.78 is 0. The highest BCUT2D eigenvalue weighted by molar-refractivity contribution is 6.30. The maximum atomic E-state index is 12.4. The highest BCUT2D eigenvalue weighted by atomic mass is 35.5. The highest BCUT2D eigenvalue weighted by Crippen LogP contribution is 2.30. The Morgan fingerprint density at radius 2 is 2.04 bits per heavy atom. The van der Waals surface area contributed by atoms with Crippen LogP contribution in [0.2, 0.25) is 5.02 Å². The van der Waals surface area contributed by atoms with E-state index >= 15 is 0 Å². The van der Waals surface area contributed by atoms with Gasteiger partial charge in [-0.25, -0.2) is 0 Å². The van der Waals surface area contributed by atoms with Gasteiger partial charge in [0.2, 0.25) is 11.8 Å². The van der Waals surface area contributed by atoms with Gasteiger partial charge in [-0.1, -0.05) is 23.7 Å². The zero-order valence-corrected chi connectivity index (χ0v) is 15.0. The molecular weight excluding hydrogens is 344 g/mol. The molecule has 1 fully saturated rings. The number of halogens is 1. The second kappa shape index (κ2) is 8.34. The van der Waals surface area contributed by atoms with Gasteiger partial charge in [-0.2, -0.15) is 0 Å². The third-order valence-corrected chi connectivity index (χ3v) is 4.84. The van der Waals surface area contributed by atoms with E-state index in [0.29, 0.717) is 37.3 Å². The Labute approximate surface area is 152 Å². The van der Waals surface area contributed by atoms with Gasteiger partial charge in [0.05, 0.1) is 0 Å². The summed E-state index contributed by atoms with van der Waals surface area (Å²) in [7, 11) is 1.72. The fourth-order valence-electron chi connectivity index (χ4n) is 3.15. The molecule has 1 aliphatic rings. The molecule has 1 atom stereocenters. The van der Waals surface area contributed by atoms with Crippen molar-refractivity contribution in [3.05, 3.63) is 34.9 Å². The summed E-state index contributed by atoms with van der Waals surface area (Å²) in [4.78, 5) is 36.5. The molecule has 1 heterocycles. The monoisotopic (exact) mass is 366 g/mol. The average molecular weight is 367 g/mol. The minimum absolute atomic E-state index is 0.0210. The van der Waals surface area contributed by atoms with Crippen molar-refractivity contribution < 1.29 is 19.5 Å². The van der Waals surface area contributed by atoms with Crippen LogP contribution in [0.3, 0.4) is 0 Å². The first-order valence-electron chi connectivity index (χ1n) is 8.31. The van der Waals surface area contributed by atoms with Crippen molar-refractivity contribution in [1.29, 1.82) is 0 Å². The molecule has 2 amide bonds. The van der Waals surface area contributed by atoms with Crippen LogP contribution in [0.25, 0.3) is 0 Å². The van der Waals surface area contributed by atoms with Gasteiger partial charge in [-0.15, -0.1) is 0 Å². The van der Waals surface area contributed by atoms with Crippen molar-refractivity contribution in [3.63, 3.8) is 0 Å². The number of nitrogens with zero attached hydrogens (tertiary/aromatic N) is 1. The Balaban J connectivity index is 1.91. The van der Waals surface area contributed by atoms with E-state index in [1.807, 2.05) is 18.2 Å². The van der Waals surface area contributed by atoms with Crippen LogP contribution in [-0.2, 0) is 20.9 Å². The summed E-state index contributed by atoms with van der Waals surface area (Å²) in [6, 6.07) is 7.34. The number of hydrogen-bond donors (Lipinski definition) is 2. The molecule has 7 heteroatoms. The highest BCUT2D eigenvalue weighted by Gasteiger charge is 2.38. The molecule has 136 valence electrons. The lowest BCUT2D eigenvalue weighted by Crippen LogP contribution is -2.43. The number of aliphatic carboxylic acids is 1. The number of nitrogens with one attached hydrogen (secondary N) is 1. The lowest BCUT2D eigenvalue weighted by molar-refractivity contribution is -0.137. The maximum absolute atomic E-state index is 12.4. The van der Waals surface area contributed by atoms with E-state index in [4.69, 9.17) is 16.7 Å². The summed E-state index contributed by atoms with van der Waals surface area (Å²) in [5.41, 5.74) is 0.361. The van der Waals surface area contributed by atoms with Gasteiger partial charge in [0, 0.05) is 43.4 Å². The van der Waals surface area contributed by atoms with Crippen molar-refractivity contribution in [1.82, 2.24) is 10.2 Å². The number of amides is 2. The summed E-state index contributed by atoms with van der Waals surface area (Å²) in [5, 5.41) is 12.4. The van der Waals surface area contributed by atoms with Crippen LogP contribution in [0.5, 0.6) is 0 Å². The molecule has 6 nitrogen and oxygen atoms in total. The van der Waals surface area contributed by atoms with E-state index in [9.17, 15) is 14.4 Å². The molecule has 2 rings (SSSR count). The minimum atomic E-state index is -0.898. The first kappa shape index (κ1) is 19.2. The standard InChI is InChI=1S/C18H23ClN2O4/c1-21(12-13-3-2-4-14(19)11-13)16(23)6-9-18(10-7-17(24)25)8-5-15(22)20-18/h2-4,11H,5-10,12H2,1H3,(H,20,22)(H,24,25). The fourth-order valence-corrected chi connectivity index (χ4v) is 3.37. The molecule has 0 aliphatic carbocycles. The number of benzene rings is 1. The number of carboxylic acid groups (broad SMARTS) is 1. The normalized spacial score (nSPS) is 19.5. The van der Waals surface area contributed by atoms with E-state index in [-0.39, 0.29) is 24.7 Å². The van der Waals surface area contributed by atoms with Crippen LogP contribution < -0.4 is 5.32 Å². The van der Waals surface area contributed by atoms with Crippen LogP contribution >= 0.6 is 11.6 Å². The predicted octanol–water partition coefficient (Wildman–Crippen LogP) is 2.59. The van der Waals surface area contributed by atoms with Crippen LogP contribution in [0, 0.1) is 0 Å². The lowest BCUT2D eigenvalue weighted by atomic mass is 9.86. The molecule has 1 aromatic carbocycles. The summed E-state index contributed by atoms with van der Waals surface area (Å²) in [6.45, 7) is 0.452. The molecule has 0 saturated carbocycles.